The first-order valence-corrected chi connectivity index (χ1v) is 8.39. The highest BCUT2D eigenvalue weighted by atomic mass is 32.1. The topological polar surface area (TPSA) is 51.2 Å². The molecule has 3 rings (SSSR count). The number of carbonyl (C=O) groups is 1. The van der Waals surface area contributed by atoms with Crippen molar-refractivity contribution in [1.29, 1.82) is 0 Å². The van der Waals surface area contributed by atoms with Crippen LogP contribution in [0.25, 0.3) is 10.2 Å². The van der Waals surface area contributed by atoms with Crippen LogP contribution in [0.2, 0.25) is 0 Å². The molecule has 0 saturated heterocycles. The van der Waals surface area contributed by atoms with Crippen molar-refractivity contribution in [1.82, 2.24) is 4.98 Å². The summed E-state index contributed by atoms with van der Waals surface area (Å²) in [5.74, 6) is 0.530. The summed E-state index contributed by atoms with van der Waals surface area (Å²) in [5.41, 5.74) is 2.64. The van der Waals surface area contributed by atoms with Crippen molar-refractivity contribution in [2.75, 3.05) is 11.9 Å². The van der Waals surface area contributed by atoms with Crippen LogP contribution in [0.5, 0.6) is 5.75 Å². The molecule has 0 aliphatic heterocycles. The molecular weight excluding hydrogens is 308 g/mol. The average Bonchev–Trinajstić information content (AvgIpc) is 2.94. The van der Waals surface area contributed by atoms with E-state index in [1.807, 2.05) is 38.1 Å². The molecule has 23 heavy (non-hydrogen) atoms. The molecule has 1 heterocycles. The maximum Gasteiger partial charge on any atom is 0.257 e. The second kappa shape index (κ2) is 6.79. The Morgan fingerprint density at radius 3 is 2.96 bits per heavy atom. The number of anilines is 1. The van der Waals surface area contributed by atoms with E-state index in [1.54, 1.807) is 12.1 Å². The second-order valence-corrected chi connectivity index (χ2v) is 6.35. The van der Waals surface area contributed by atoms with Gasteiger partial charge in [-0.3, -0.25) is 10.1 Å². The Hall–Kier alpha value is -2.40. The van der Waals surface area contributed by atoms with Gasteiger partial charge in [0.05, 0.1) is 16.8 Å². The van der Waals surface area contributed by atoms with Gasteiger partial charge in [-0.2, -0.15) is 0 Å². The van der Waals surface area contributed by atoms with Crippen LogP contribution >= 0.6 is 11.3 Å². The zero-order valence-corrected chi connectivity index (χ0v) is 13.9. The van der Waals surface area contributed by atoms with Gasteiger partial charge in [0.15, 0.2) is 5.13 Å². The summed E-state index contributed by atoms with van der Waals surface area (Å²) < 4.78 is 6.63. The van der Waals surface area contributed by atoms with Gasteiger partial charge in [-0.15, -0.1) is 0 Å². The highest BCUT2D eigenvalue weighted by molar-refractivity contribution is 7.22. The number of nitrogens with one attached hydrogen (secondary N) is 1. The molecule has 0 aliphatic carbocycles. The van der Waals surface area contributed by atoms with E-state index in [4.69, 9.17) is 4.74 Å². The summed E-state index contributed by atoms with van der Waals surface area (Å²) >= 11 is 1.48. The number of carbonyl (C=O) groups excluding carboxylic acids is 1. The molecule has 0 unspecified atom stereocenters. The molecule has 0 radical (unpaired) electrons. The molecule has 0 aliphatic rings. The molecular formula is C18H18N2O2S. The van der Waals surface area contributed by atoms with Crippen LogP contribution < -0.4 is 10.1 Å². The lowest BCUT2D eigenvalue weighted by molar-refractivity contribution is 0.102. The van der Waals surface area contributed by atoms with Gasteiger partial charge in [0.2, 0.25) is 0 Å². The standard InChI is InChI=1S/C18H18N2O2S/c1-3-9-22-14-6-4-5-13(11-14)17(21)20-18-19-15-8-7-12(2)10-16(15)23-18/h4-8,10-11H,3,9H2,1-2H3,(H,19,20,21). The number of benzene rings is 2. The van der Waals surface area contributed by atoms with Gasteiger partial charge < -0.3 is 4.74 Å². The summed E-state index contributed by atoms with van der Waals surface area (Å²) in [7, 11) is 0. The highest BCUT2D eigenvalue weighted by Gasteiger charge is 2.11. The van der Waals surface area contributed by atoms with Gasteiger partial charge in [-0.25, -0.2) is 4.98 Å². The van der Waals surface area contributed by atoms with Crippen LogP contribution in [0.1, 0.15) is 29.3 Å². The first-order chi connectivity index (χ1) is 11.2. The molecule has 0 atom stereocenters. The predicted molar refractivity (Wildman–Crippen MR) is 94.5 cm³/mol. The lowest BCUT2D eigenvalue weighted by atomic mass is 10.2. The first-order valence-electron chi connectivity index (χ1n) is 7.57. The molecule has 1 N–H and O–H groups in total. The van der Waals surface area contributed by atoms with E-state index < -0.39 is 0 Å². The maximum absolute atomic E-state index is 12.4. The van der Waals surface area contributed by atoms with Gasteiger partial charge in [-0.1, -0.05) is 30.4 Å². The number of amides is 1. The van der Waals surface area contributed by atoms with Crippen molar-refractivity contribution >= 4 is 32.6 Å². The van der Waals surface area contributed by atoms with Crippen molar-refractivity contribution in [3.63, 3.8) is 0 Å². The second-order valence-electron chi connectivity index (χ2n) is 5.32. The zero-order valence-electron chi connectivity index (χ0n) is 13.1. The average molecular weight is 326 g/mol. The number of nitrogens with zero attached hydrogens (tertiary/aromatic N) is 1. The van der Waals surface area contributed by atoms with Crippen LogP contribution in [-0.4, -0.2) is 17.5 Å². The fourth-order valence-electron chi connectivity index (χ4n) is 2.20. The van der Waals surface area contributed by atoms with Crippen molar-refractivity contribution in [3.05, 3.63) is 53.6 Å². The Morgan fingerprint density at radius 2 is 2.13 bits per heavy atom. The van der Waals surface area contributed by atoms with Crippen LogP contribution in [0.4, 0.5) is 5.13 Å². The minimum Gasteiger partial charge on any atom is -0.494 e. The Balaban J connectivity index is 1.77. The minimum absolute atomic E-state index is 0.178. The molecule has 2 aromatic carbocycles. The number of rotatable bonds is 5. The largest absolute Gasteiger partial charge is 0.494 e. The molecule has 1 aromatic heterocycles. The number of ether oxygens (including phenoxy) is 1. The molecule has 4 nitrogen and oxygen atoms in total. The van der Waals surface area contributed by atoms with E-state index in [-0.39, 0.29) is 5.91 Å². The molecule has 5 heteroatoms. The van der Waals surface area contributed by atoms with Crippen LogP contribution in [0.15, 0.2) is 42.5 Å². The molecule has 0 fully saturated rings. The minimum atomic E-state index is -0.178. The van der Waals surface area contributed by atoms with Gasteiger partial charge in [-0.05, 0) is 49.2 Å². The summed E-state index contributed by atoms with van der Waals surface area (Å²) in [6.45, 7) is 4.73. The zero-order chi connectivity index (χ0) is 16.2. The maximum atomic E-state index is 12.4. The molecule has 0 saturated carbocycles. The molecule has 0 spiro atoms. The Kier molecular flexibility index (Phi) is 4.57. The van der Waals surface area contributed by atoms with Gasteiger partial charge in [0, 0.05) is 5.56 Å². The van der Waals surface area contributed by atoms with Gasteiger partial charge in [0.1, 0.15) is 5.75 Å². The van der Waals surface area contributed by atoms with E-state index in [9.17, 15) is 4.79 Å². The van der Waals surface area contributed by atoms with Crippen LogP contribution in [-0.2, 0) is 0 Å². The lowest BCUT2D eigenvalue weighted by Crippen LogP contribution is -2.11. The van der Waals surface area contributed by atoms with Crippen LogP contribution in [0, 0.1) is 6.92 Å². The van der Waals surface area contributed by atoms with E-state index in [0.29, 0.717) is 23.1 Å². The summed E-state index contributed by atoms with van der Waals surface area (Å²) in [4.78, 5) is 16.8. The Bertz CT molecular complexity index is 842. The number of thiazole rings is 1. The normalized spacial score (nSPS) is 10.7. The van der Waals surface area contributed by atoms with Gasteiger partial charge in [0.25, 0.3) is 5.91 Å². The molecule has 3 aromatic rings. The molecule has 1 amide bonds. The number of hydrogen-bond donors (Lipinski definition) is 1. The summed E-state index contributed by atoms with van der Waals surface area (Å²) in [5, 5.41) is 3.47. The Morgan fingerprint density at radius 1 is 1.26 bits per heavy atom. The van der Waals surface area contributed by atoms with E-state index >= 15 is 0 Å². The van der Waals surface area contributed by atoms with Crippen molar-refractivity contribution in [3.8, 4) is 5.75 Å². The van der Waals surface area contributed by atoms with E-state index in [1.165, 1.54) is 16.9 Å². The number of aromatic nitrogens is 1. The van der Waals surface area contributed by atoms with Crippen molar-refractivity contribution in [2.24, 2.45) is 0 Å². The lowest BCUT2D eigenvalue weighted by Gasteiger charge is -2.06. The predicted octanol–water partition coefficient (Wildman–Crippen LogP) is 4.65. The SMILES string of the molecule is CCCOc1cccc(C(=O)Nc2nc3ccc(C)cc3s2)c1. The third-order valence-corrected chi connectivity index (χ3v) is 4.27. The Labute approximate surface area is 139 Å². The van der Waals surface area contributed by atoms with Crippen molar-refractivity contribution < 1.29 is 9.53 Å². The fraction of sp³-hybridized carbons (Fsp3) is 0.222. The third-order valence-electron chi connectivity index (χ3n) is 3.33. The monoisotopic (exact) mass is 326 g/mol. The summed E-state index contributed by atoms with van der Waals surface area (Å²) in [6, 6.07) is 13.3. The molecule has 118 valence electrons. The van der Waals surface area contributed by atoms with Crippen molar-refractivity contribution in [2.45, 2.75) is 20.3 Å². The smallest absolute Gasteiger partial charge is 0.257 e. The third kappa shape index (κ3) is 3.68. The summed E-state index contributed by atoms with van der Waals surface area (Å²) in [6.07, 6.45) is 0.932. The van der Waals surface area contributed by atoms with E-state index in [0.717, 1.165) is 16.6 Å². The first kappa shape index (κ1) is 15.5. The highest BCUT2D eigenvalue weighted by Crippen LogP contribution is 2.27. The van der Waals surface area contributed by atoms with E-state index in [2.05, 4.69) is 16.4 Å². The van der Waals surface area contributed by atoms with Crippen LogP contribution in [0.3, 0.4) is 0 Å². The molecule has 0 bridgehead atoms. The number of hydrogen-bond acceptors (Lipinski definition) is 4. The fourth-order valence-corrected chi connectivity index (χ4v) is 3.16. The quantitative estimate of drug-likeness (QED) is 0.743. The van der Waals surface area contributed by atoms with Gasteiger partial charge >= 0.3 is 0 Å². The number of fused-ring (bicyclic) bond motifs is 1. The number of aryl methyl sites for hydroxylation is 1.